The predicted molar refractivity (Wildman–Crippen MR) is 112 cm³/mol. The molecule has 4 heteroatoms. The minimum absolute atomic E-state index is 0.0881. The van der Waals surface area contributed by atoms with Crippen LogP contribution in [0.2, 0.25) is 0 Å². The van der Waals surface area contributed by atoms with Crippen molar-refractivity contribution in [3.8, 4) is 0 Å². The average molecular weight is 366 g/mol. The monoisotopic (exact) mass is 365 g/mol. The molecule has 1 unspecified atom stereocenters. The summed E-state index contributed by atoms with van der Waals surface area (Å²) in [7, 11) is 0. The van der Waals surface area contributed by atoms with Crippen LogP contribution in [0.15, 0.2) is 48.5 Å². The van der Waals surface area contributed by atoms with E-state index >= 15 is 0 Å². The molecule has 1 aliphatic heterocycles. The third-order valence-corrected chi connectivity index (χ3v) is 5.62. The molecule has 0 radical (unpaired) electrons. The molecule has 2 aromatic carbocycles. The Labute approximate surface area is 163 Å². The van der Waals surface area contributed by atoms with Crippen LogP contribution in [0.3, 0.4) is 0 Å². The lowest BCUT2D eigenvalue weighted by Gasteiger charge is -2.37. The van der Waals surface area contributed by atoms with Crippen LogP contribution < -0.4 is 5.32 Å². The molecule has 0 spiro atoms. The van der Waals surface area contributed by atoms with Crippen molar-refractivity contribution in [1.29, 1.82) is 0 Å². The number of nitrogens with zero attached hydrogens (tertiary/aromatic N) is 2. The maximum atomic E-state index is 12.7. The Morgan fingerprint density at radius 3 is 2.22 bits per heavy atom. The number of carbonyl (C=O) groups excluding carboxylic acids is 1. The molecule has 1 atom stereocenters. The predicted octanol–water partition coefficient (Wildman–Crippen LogP) is 3.49. The van der Waals surface area contributed by atoms with Gasteiger partial charge in [-0.15, -0.1) is 0 Å². The zero-order valence-electron chi connectivity index (χ0n) is 16.7. The van der Waals surface area contributed by atoms with Gasteiger partial charge in [0, 0.05) is 38.4 Å². The molecule has 3 rings (SSSR count). The van der Waals surface area contributed by atoms with E-state index in [1.54, 1.807) is 0 Å². The van der Waals surface area contributed by atoms with Crippen molar-refractivity contribution in [2.75, 3.05) is 38.0 Å². The summed E-state index contributed by atoms with van der Waals surface area (Å²) in [5, 5.41) is 3.14. The summed E-state index contributed by atoms with van der Waals surface area (Å²) < 4.78 is 0. The Morgan fingerprint density at radius 2 is 1.59 bits per heavy atom. The van der Waals surface area contributed by atoms with E-state index in [4.69, 9.17) is 0 Å². The number of hydrogen-bond acceptors (Lipinski definition) is 3. The van der Waals surface area contributed by atoms with Crippen LogP contribution in [-0.4, -0.2) is 54.5 Å². The van der Waals surface area contributed by atoms with Crippen LogP contribution in [0, 0.1) is 13.8 Å². The van der Waals surface area contributed by atoms with Crippen molar-refractivity contribution >= 4 is 11.6 Å². The van der Waals surface area contributed by atoms with Gasteiger partial charge in [0.2, 0.25) is 5.91 Å². The van der Waals surface area contributed by atoms with Crippen LogP contribution in [-0.2, 0) is 11.2 Å². The lowest BCUT2D eigenvalue weighted by atomic mass is 10.1. The van der Waals surface area contributed by atoms with Gasteiger partial charge in [0.25, 0.3) is 0 Å². The second kappa shape index (κ2) is 9.16. The Kier molecular flexibility index (Phi) is 6.64. The first kappa shape index (κ1) is 19.6. The Hall–Kier alpha value is -2.17. The zero-order chi connectivity index (χ0) is 19.2. The number of hydrogen-bond donors (Lipinski definition) is 1. The Morgan fingerprint density at radius 1 is 0.963 bits per heavy atom. The summed E-state index contributed by atoms with van der Waals surface area (Å²) in [6.45, 7) is 11.1. The van der Waals surface area contributed by atoms with E-state index in [1.807, 2.05) is 39.0 Å². The molecule has 0 saturated carbocycles. The molecule has 0 aromatic heterocycles. The second-order valence-corrected chi connectivity index (χ2v) is 7.55. The first-order valence-electron chi connectivity index (χ1n) is 9.92. The maximum absolute atomic E-state index is 12.7. The molecule has 144 valence electrons. The van der Waals surface area contributed by atoms with Crippen molar-refractivity contribution in [2.45, 2.75) is 33.2 Å². The van der Waals surface area contributed by atoms with E-state index in [9.17, 15) is 4.79 Å². The molecule has 1 saturated heterocycles. The van der Waals surface area contributed by atoms with Crippen LogP contribution in [0.1, 0.15) is 23.6 Å². The quantitative estimate of drug-likeness (QED) is 0.851. The van der Waals surface area contributed by atoms with Gasteiger partial charge in [-0.1, -0.05) is 48.5 Å². The number of benzene rings is 2. The Balaban J connectivity index is 1.48. The van der Waals surface area contributed by atoms with Crippen LogP contribution >= 0.6 is 0 Å². The zero-order valence-corrected chi connectivity index (χ0v) is 16.7. The fourth-order valence-corrected chi connectivity index (χ4v) is 3.71. The lowest BCUT2D eigenvalue weighted by molar-refractivity contribution is -0.121. The third-order valence-electron chi connectivity index (χ3n) is 5.62. The fourth-order valence-electron chi connectivity index (χ4n) is 3.71. The van der Waals surface area contributed by atoms with Crippen molar-refractivity contribution in [2.24, 2.45) is 0 Å². The van der Waals surface area contributed by atoms with Gasteiger partial charge in [0.15, 0.2) is 0 Å². The highest BCUT2D eigenvalue weighted by molar-refractivity contribution is 5.95. The fraction of sp³-hybridized carbons (Fsp3) is 0.435. The molecule has 27 heavy (non-hydrogen) atoms. The minimum atomic E-state index is -0.111. The molecule has 4 nitrogen and oxygen atoms in total. The van der Waals surface area contributed by atoms with E-state index in [0.717, 1.165) is 56.0 Å². The number of amides is 1. The van der Waals surface area contributed by atoms with Gasteiger partial charge in [-0.05, 0) is 43.9 Å². The first-order valence-corrected chi connectivity index (χ1v) is 9.92. The maximum Gasteiger partial charge on any atom is 0.241 e. The molecule has 1 aliphatic rings. The van der Waals surface area contributed by atoms with Crippen molar-refractivity contribution in [3.63, 3.8) is 0 Å². The number of aryl methyl sites for hydroxylation is 2. The van der Waals surface area contributed by atoms with E-state index in [0.29, 0.717) is 0 Å². The van der Waals surface area contributed by atoms with Gasteiger partial charge in [-0.3, -0.25) is 9.69 Å². The third kappa shape index (κ3) is 5.18. The highest BCUT2D eigenvalue weighted by Crippen LogP contribution is 2.20. The van der Waals surface area contributed by atoms with E-state index in [1.165, 1.54) is 5.56 Å². The number of rotatable bonds is 6. The highest BCUT2D eigenvalue weighted by atomic mass is 16.2. The van der Waals surface area contributed by atoms with Gasteiger partial charge in [0.1, 0.15) is 0 Å². The van der Waals surface area contributed by atoms with Gasteiger partial charge in [-0.2, -0.15) is 0 Å². The summed E-state index contributed by atoms with van der Waals surface area (Å²) in [6, 6.07) is 16.6. The van der Waals surface area contributed by atoms with Gasteiger partial charge in [0.05, 0.1) is 6.04 Å². The molecule has 0 aliphatic carbocycles. The first-order chi connectivity index (χ1) is 13.0. The minimum Gasteiger partial charge on any atom is -0.324 e. The largest absolute Gasteiger partial charge is 0.324 e. The molecule has 1 fully saturated rings. The van der Waals surface area contributed by atoms with Crippen LogP contribution in [0.25, 0.3) is 0 Å². The normalized spacial score (nSPS) is 16.9. The standard InChI is InChI=1S/C23H31N3O/c1-18-8-7-9-19(2)22(18)24-23(27)20(3)26-16-14-25(15-17-26)13-12-21-10-5-4-6-11-21/h4-11,20H,12-17H2,1-3H3,(H,24,27). The van der Waals surface area contributed by atoms with Gasteiger partial charge >= 0.3 is 0 Å². The van der Waals surface area contributed by atoms with Gasteiger partial charge < -0.3 is 10.2 Å². The van der Waals surface area contributed by atoms with E-state index in [-0.39, 0.29) is 11.9 Å². The highest BCUT2D eigenvalue weighted by Gasteiger charge is 2.25. The number of piperazine rings is 1. The molecular weight excluding hydrogens is 334 g/mol. The SMILES string of the molecule is Cc1cccc(C)c1NC(=O)C(C)N1CCN(CCc2ccccc2)CC1. The molecule has 1 amide bonds. The summed E-state index contributed by atoms with van der Waals surface area (Å²) in [5.41, 5.74) is 4.57. The van der Waals surface area contributed by atoms with E-state index in [2.05, 4.69) is 45.4 Å². The summed E-state index contributed by atoms with van der Waals surface area (Å²) >= 11 is 0. The van der Waals surface area contributed by atoms with Crippen molar-refractivity contribution < 1.29 is 4.79 Å². The molecule has 1 N–H and O–H groups in total. The van der Waals surface area contributed by atoms with Crippen molar-refractivity contribution in [3.05, 3.63) is 65.2 Å². The smallest absolute Gasteiger partial charge is 0.241 e. The second-order valence-electron chi connectivity index (χ2n) is 7.55. The topological polar surface area (TPSA) is 35.6 Å². The summed E-state index contributed by atoms with van der Waals surface area (Å²) in [6.07, 6.45) is 1.09. The number of para-hydroxylation sites is 1. The van der Waals surface area contributed by atoms with Crippen LogP contribution in [0.5, 0.6) is 0 Å². The van der Waals surface area contributed by atoms with Crippen LogP contribution in [0.4, 0.5) is 5.69 Å². The van der Waals surface area contributed by atoms with Crippen molar-refractivity contribution in [1.82, 2.24) is 9.80 Å². The summed E-state index contributed by atoms with van der Waals surface area (Å²) in [4.78, 5) is 17.5. The molecule has 0 bridgehead atoms. The molecular formula is C23H31N3O. The molecule has 1 heterocycles. The van der Waals surface area contributed by atoms with E-state index < -0.39 is 0 Å². The number of nitrogens with one attached hydrogen (secondary N) is 1. The van der Waals surface area contributed by atoms with Gasteiger partial charge in [-0.25, -0.2) is 0 Å². The number of carbonyl (C=O) groups is 1. The molecule has 2 aromatic rings. The lowest BCUT2D eigenvalue weighted by Crippen LogP contribution is -2.53. The summed E-state index contributed by atoms with van der Waals surface area (Å²) in [5.74, 6) is 0.0881. The average Bonchev–Trinajstić information content (AvgIpc) is 2.70. The number of anilines is 1. The Bertz CT molecular complexity index is 731.